The molecule has 0 N–H and O–H groups in total. The minimum Gasteiger partial charge on any atom is -0.467 e. The average Bonchev–Trinajstić information content (AvgIpc) is 2.49. The summed E-state index contributed by atoms with van der Waals surface area (Å²) in [6.07, 6.45) is -0.994. The van der Waals surface area contributed by atoms with E-state index >= 15 is 0 Å². The molecular formula is C13H16FNO5S. The van der Waals surface area contributed by atoms with Gasteiger partial charge in [-0.3, -0.25) is 0 Å². The molecule has 1 aromatic rings. The number of halogens is 1. The van der Waals surface area contributed by atoms with Gasteiger partial charge in [0.05, 0.1) is 20.3 Å². The molecule has 0 aromatic heterocycles. The van der Waals surface area contributed by atoms with Gasteiger partial charge in [-0.05, 0) is 24.6 Å². The number of esters is 1. The maximum Gasteiger partial charge on any atom is 0.336 e. The molecule has 1 unspecified atom stereocenters. The van der Waals surface area contributed by atoms with Crippen LogP contribution in [0.2, 0.25) is 0 Å². The van der Waals surface area contributed by atoms with Crippen LogP contribution in [0.3, 0.4) is 0 Å². The van der Waals surface area contributed by atoms with Crippen LogP contribution in [0.4, 0.5) is 4.39 Å². The summed E-state index contributed by atoms with van der Waals surface area (Å²) in [7, 11) is -2.83. The van der Waals surface area contributed by atoms with Gasteiger partial charge in [0.25, 0.3) is 0 Å². The number of methoxy groups -OCH3 is 1. The number of morpholine rings is 1. The van der Waals surface area contributed by atoms with Crippen molar-refractivity contribution in [2.24, 2.45) is 0 Å². The zero-order valence-electron chi connectivity index (χ0n) is 11.7. The molecule has 1 aromatic carbocycles. The molecule has 1 heterocycles. The number of hydrogen-bond acceptors (Lipinski definition) is 5. The summed E-state index contributed by atoms with van der Waals surface area (Å²) in [5.74, 6) is -1.47. The lowest BCUT2D eigenvalue weighted by molar-refractivity contribution is -0.157. The van der Waals surface area contributed by atoms with Gasteiger partial charge in [0, 0.05) is 6.54 Å². The first kappa shape index (κ1) is 15.9. The van der Waals surface area contributed by atoms with Crippen LogP contribution in [0.5, 0.6) is 0 Å². The summed E-state index contributed by atoms with van der Waals surface area (Å²) < 4.78 is 49.6. The molecule has 1 saturated heterocycles. The zero-order valence-corrected chi connectivity index (χ0v) is 12.5. The number of carbonyl (C=O) groups excluding carboxylic acids is 1. The van der Waals surface area contributed by atoms with Crippen molar-refractivity contribution in [1.29, 1.82) is 0 Å². The highest BCUT2D eigenvalue weighted by atomic mass is 32.2. The second-order valence-electron chi connectivity index (χ2n) is 4.68. The number of nitrogens with zero attached hydrogens (tertiary/aromatic N) is 1. The average molecular weight is 317 g/mol. The van der Waals surface area contributed by atoms with Gasteiger partial charge in [-0.1, -0.05) is 6.07 Å². The highest BCUT2D eigenvalue weighted by molar-refractivity contribution is 7.89. The molecule has 0 spiro atoms. The van der Waals surface area contributed by atoms with Crippen LogP contribution < -0.4 is 0 Å². The predicted molar refractivity (Wildman–Crippen MR) is 71.7 cm³/mol. The molecule has 0 radical (unpaired) electrons. The number of sulfonamides is 1. The molecule has 6 nitrogen and oxygen atoms in total. The molecule has 1 aliphatic heterocycles. The fraction of sp³-hybridized carbons (Fsp3) is 0.462. The van der Waals surface area contributed by atoms with E-state index in [0.717, 1.165) is 10.4 Å². The quantitative estimate of drug-likeness (QED) is 0.767. The van der Waals surface area contributed by atoms with Gasteiger partial charge >= 0.3 is 5.97 Å². The van der Waals surface area contributed by atoms with Crippen LogP contribution in [-0.2, 0) is 24.3 Å². The van der Waals surface area contributed by atoms with E-state index in [-0.39, 0.29) is 19.7 Å². The Morgan fingerprint density at radius 1 is 1.48 bits per heavy atom. The van der Waals surface area contributed by atoms with E-state index in [9.17, 15) is 17.6 Å². The van der Waals surface area contributed by atoms with E-state index in [0.29, 0.717) is 5.56 Å². The van der Waals surface area contributed by atoms with E-state index in [1.165, 1.54) is 19.2 Å². The smallest absolute Gasteiger partial charge is 0.336 e. The van der Waals surface area contributed by atoms with Crippen molar-refractivity contribution in [3.8, 4) is 0 Å². The number of carbonyl (C=O) groups is 1. The first-order valence-corrected chi connectivity index (χ1v) is 7.76. The lowest BCUT2D eigenvalue weighted by atomic mass is 10.2. The summed E-state index contributed by atoms with van der Waals surface area (Å²) >= 11 is 0. The second kappa shape index (κ2) is 6.08. The number of rotatable bonds is 3. The summed E-state index contributed by atoms with van der Waals surface area (Å²) in [6.45, 7) is 1.59. The molecule has 1 atom stereocenters. The van der Waals surface area contributed by atoms with Gasteiger partial charge in [-0.25, -0.2) is 17.6 Å². The number of aryl methyl sites for hydroxylation is 1. The maximum absolute atomic E-state index is 13.8. The monoisotopic (exact) mass is 317 g/mol. The van der Waals surface area contributed by atoms with Crippen molar-refractivity contribution >= 4 is 16.0 Å². The lowest BCUT2D eigenvalue weighted by Crippen LogP contribution is -2.48. The fourth-order valence-electron chi connectivity index (χ4n) is 2.07. The minimum atomic E-state index is -4.02. The number of benzene rings is 1. The van der Waals surface area contributed by atoms with E-state index in [4.69, 9.17) is 4.74 Å². The fourth-order valence-corrected chi connectivity index (χ4v) is 3.64. The van der Waals surface area contributed by atoms with Crippen LogP contribution in [0, 0.1) is 12.7 Å². The van der Waals surface area contributed by atoms with E-state index in [1.807, 2.05) is 0 Å². The largest absolute Gasteiger partial charge is 0.467 e. The Labute approximate surface area is 122 Å². The molecule has 0 amide bonds. The third-order valence-electron chi connectivity index (χ3n) is 3.20. The topological polar surface area (TPSA) is 72.9 Å². The van der Waals surface area contributed by atoms with Crippen LogP contribution in [0.25, 0.3) is 0 Å². The minimum absolute atomic E-state index is 0.0480. The summed E-state index contributed by atoms with van der Waals surface area (Å²) in [5, 5.41) is 0. The molecule has 0 saturated carbocycles. The lowest BCUT2D eigenvalue weighted by Gasteiger charge is -2.30. The third-order valence-corrected chi connectivity index (χ3v) is 5.08. The van der Waals surface area contributed by atoms with Crippen LogP contribution in [-0.4, -0.2) is 51.6 Å². The van der Waals surface area contributed by atoms with Crippen molar-refractivity contribution in [1.82, 2.24) is 4.31 Å². The first-order valence-electron chi connectivity index (χ1n) is 6.32. The molecule has 1 fully saturated rings. The van der Waals surface area contributed by atoms with Gasteiger partial charge in [0.15, 0.2) is 6.10 Å². The molecule has 116 valence electrons. The third kappa shape index (κ3) is 3.22. The van der Waals surface area contributed by atoms with Crippen LogP contribution >= 0.6 is 0 Å². The number of ether oxygens (including phenoxy) is 2. The van der Waals surface area contributed by atoms with Crippen molar-refractivity contribution in [2.75, 3.05) is 26.8 Å². The van der Waals surface area contributed by atoms with Crippen molar-refractivity contribution < 1.29 is 27.1 Å². The molecule has 21 heavy (non-hydrogen) atoms. The summed E-state index contributed by atoms with van der Waals surface area (Å²) in [5.41, 5.74) is 0.632. The summed E-state index contributed by atoms with van der Waals surface area (Å²) in [4.78, 5) is 11.1. The van der Waals surface area contributed by atoms with Gasteiger partial charge in [-0.15, -0.1) is 0 Å². The van der Waals surface area contributed by atoms with Gasteiger partial charge in [0.1, 0.15) is 10.7 Å². The Morgan fingerprint density at radius 3 is 2.86 bits per heavy atom. The van der Waals surface area contributed by atoms with Crippen molar-refractivity contribution in [2.45, 2.75) is 17.9 Å². The van der Waals surface area contributed by atoms with Crippen molar-refractivity contribution in [3.63, 3.8) is 0 Å². The van der Waals surface area contributed by atoms with E-state index < -0.39 is 32.8 Å². The van der Waals surface area contributed by atoms with E-state index in [2.05, 4.69) is 4.74 Å². The maximum atomic E-state index is 13.8. The molecular weight excluding hydrogens is 301 g/mol. The van der Waals surface area contributed by atoms with Gasteiger partial charge < -0.3 is 9.47 Å². The Bertz CT molecular complexity index is 646. The SMILES string of the molecule is COC(=O)C1CN(S(=O)(=O)c2cc(C)ccc2F)CCO1. The Balaban J connectivity index is 2.31. The molecule has 1 aliphatic rings. The highest BCUT2D eigenvalue weighted by Crippen LogP contribution is 2.22. The molecule has 0 aliphatic carbocycles. The molecule has 8 heteroatoms. The second-order valence-corrected chi connectivity index (χ2v) is 6.59. The Kier molecular flexibility index (Phi) is 4.60. The standard InChI is InChI=1S/C13H16FNO5S/c1-9-3-4-10(14)12(7-9)21(17,18)15-5-6-20-11(8-15)13(16)19-2/h3-4,7,11H,5-6,8H2,1-2H3. The van der Waals surface area contributed by atoms with Crippen molar-refractivity contribution in [3.05, 3.63) is 29.6 Å². The number of hydrogen-bond donors (Lipinski definition) is 0. The molecule has 2 rings (SSSR count). The summed E-state index contributed by atoms with van der Waals surface area (Å²) in [6, 6.07) is 3.87. The van der Waals surface area contributed by atoms with Crippen LogP contribution in [0.15, 0.2) is 23.1 Å². The Hall–Kier alpha value is -1.51. The predicted octanol–water partition coefficient (Wildman–Crippen LogP) is 0.697. The Morgan fingerprint density at radius 2 is 2.19 bits per heavy atom. The molecule has 0 bridgehead atoms. The zero-order chi connectivity index (χ0) is 15.6. The van der Waals surface area contributed by atoms with Gasteiger partial charge in [-0.2, -0.15) is 4.31 Å². The first-order chi connectivity index (χ1) is 9.86. The highest BCUT2D eigenvalue weighted by Gasteiger charge is 2.35. The normalized spacial score (nSPS) is 20.2. The van der Waals surface area contributed by atoms with Crippen LogP contribution in [0.1, 0.15) is 5.56 Å². The van der Waals surface area contributed by atoms with Gasteiger partial charge in [0.2, 0.25) is 10.0 Å². The van der Waals surface area contributed by atoms with E-state index in [1.54, 1.807) is 6.92 Å².